The number of rotatable bonds is 5. The summed E-state index contributed by atoms with van der Waals surface area (Å²) in [6.07, 6.45) is 3.94. The molecule has 1 aromatic rings. The van der Waals surface area contributed by atoms with Crippen LogP contribution in [-0.4, -0.2) is 23.2 Å². The Balaban J connectivity index is 1.77. The zero-order valence-corrected chi connectivity index (χ0v) is 11.3. The Bertz CT molecular complexity index is 433. The van der Waals surface area contributed by atoms with Gasteiger partial charge in [0.1, 0.15) is 0 Å². The third kappa shape index (κ3) is 4.33. The molecule has 1 heterocycles. The predicted octanol–water partition coefficient (Wildman–Crippen LogP) is 2.47. The lowest BCUT2D eigenvalue weighted by atomic mass is 10.1. The summed E-state index contributed by atoms with van der Waals surface area (Å²) in [6.45, 7) is 2.05. The zero-order valence-electron chi connectivity index (χ0n) is 11.3. The van der Waals surface area contributed by atoms with Crippen LogP contribution in [0.3, 0.4) is 0 Å². The van der Waals surface area contributed by atoms with E-state index >= 15 is 0 Å². The fourth-order valence-corrected chi connectivity index (χ4v) is 2.36. The normalized spacial score (nSPS) is 22.4. The minimum absolute atomic E-state index is 0.00163. The van der Waals surface area contributed by atoms with Crippen molar-refractivity contribution in [3.05, 3.63) is 29.8 Å². The fraction of sp³-hybridized carbons (Fsp3) is 0.533. The molecule has 2 N–H and O–H groups in total. The number of hydrogen-bond acceptors (Lipinski definition) is 3. The minimum Gasteiger partial charge on any atom is -0.392 e. The first-order valence-corrected chi connectivity index (χ1v) is 6.82. The highest BCUT2D eigenvalue weighted by molar-refractivity contribution is 5.90. The number of hydrogen-bond donors (Lipinski definition) is 2. The summed E-state index contributed by atoms with van der Waals surface area (Å²) in [5.74, 6) is -0.00163. The molecule has 4 nitrogen and oxygen atoms in total. The van der Waals surface area contributed by atoms with E-state index < -0.39 is 0 Å². The molecular formula is C15H21NO3. The van der Waals surface area contributed by atoms with E-state index in [0.717, 1.165) is 30.5 Å². The lowest BCUT2D eigenvalue weighted by Crippen LogP contribution is -2.16. The van der Waals surface area contributed by atoms with Gasteiger partial charge in [-0.25, -0.2) is 0 Å². The Hall–Kier alpha value is -1.39. The first-order valence-electron chi connectivity index (χ1n) is 6.82. The van der Waals surface area contributed by atoms with Gasteiger partial charge in [-0.3, -0.25) is 4.79 Å². The van der Waals surface area contributed by atoms with E-state index in [1.807, 2.05) is 18.2 Å². The molecule has 1 fully saturated rings. The molecule has 1 amide bonds. The molecule has 0 saturated carbocycles. The van der Waals surface area contributed by atoms with Gasteiger partial charge in [-0.1, -0.05) is 12.1 Å². The van der Waals surface area contributed by atoms with Gasteiger partial charge in [-0.15, -0.1) is 0 Å². The van der Waals surface area contributed by atoms with E-state index in [9.17, 15) is 4.79 Å². The largest absolute Gasteiger partial charge is 0.392 e. The van der Waals surface area contributed by atoms with Crippen LogP contribution in [0, 0.1) is 0 Å². The quantitative estimate of drug-likeness (QED) is 0.858. The van der Waals surface area contributed by atoms with Gasteiger partial charge in [0.15, 0.2) is 0 Å². The van der Waals surface area contributed by atoms with Crippen LogP contribution in [-0.2, 0) is 16.1 Å². The summed E-state index contributed by atoms with van der Waals surface area (Å²) in [7, 11) is 0. The molecule has 4 heteroatoms. The molecule has 2 rings (SSSR count). The Morgan fingerprint density at radius 2 is 2.32 bits per heavy atom. The predicted molar refractivity (Wildman–Crippen MR) is 73.8 cm³/mol. The smallest absolute Gasteiger partial charge is 0.224 e. The third-order valence-electron chi connectivity index (χ3n) is 3.41. The van der Waals surface area contributed by atoms with Gasteiger partial charge in [0.25, 0.3) is 0 Å². The lowest BCUT2D eigenvalue weighted by molar-refractivity contribution is -0.116. The number of carbonyl (C=O) groups excluding carboxylic acids is 1. The maximum atomic E-state index is 11.8. The highest BCUT2D eigenvalue weighted by Crippen LogP contribution is 2.22. The Morgan fingerprint density at radius 1 is 1.47 bits per heavy atom. The summed E-state index contributed by atoms with van der Waals surface area (Å²) in [6, 6.07) is 7.25. The average Bonchev–Trinajstić information content (AvgIpc) is 2.82. The van der Waals surface area contributed by atoms with Crippen LogP contribution in [0.15, 0.2) is 24.3 Å². The molecule has 2 atom stereocenters. The van der Waals surface area contributed by atoms with Crippen LogP contribution in [0.25, 0.3) is 0 Å². The van der Waals surface area contributed by atoms with Crippen molar-refractivity contribution in [2.24, 2.45) is 0 Å². The minimum atomic E-state index is -0.0164. The maximum absolute atomic E-state index is 11.8. The molecule has 2 unspecified atom stereocenters. The molecule has 1 saturated heterocycles. The van der Waals surface area contributed by atoms with Crippen LogP contribution in [0.2, 0.25) is 0 Å². The van der Waals surface area contributed by atoms with E-state index in [2.05, 4.69) is 12.2 Å². The van der Waals surface area contributed by atoms with Crippen LogP contribution in [0.5, 0.6) is 0 Å². The highest BCUT2D eigenvalue weighted by Gasteiger charge is 2.22. The number of nitrogens with one attached hydrogen (secondary N) is 1. The second-order valence-electron chi connectivity index (χ2n) is 5.09. The molecule has 0 bridgehead atoms. The zero-order chi connectivity index (χ0) is 13.7. The molecule has 0 radical (unpaired) electrons. The Labute approximate surface area is 113 Å². The lowest BCUT2D eigenvalue weighted by Gasteiger charge is -2.11. The van der Waals surface area contributed by atoms with E-state index in [4.69, 9.17) is 9.84 Å². The summed E-state index contributed by atoms with van der Waals surface area (Å²) in [5, 5.41) is 11.9. The molecule has 104 valence electrons. The van der Waals surface area contributed by atoms with Crippen LogP contribution >= 0.6 is 0 Å². The van der Waals surface area contributed by atoms with Gasteiger partial charge in [0.2, 0.25) is 5.91 Å². The van der Waals surface area contributed by atoms with Gasteiger partial charge in [-0.05, 0) is 43.9 Å². The topological polar surface area (TPSA) is 58.6 Å². The number of anilines is 1. The van der Waals surface area contributed by atoms with Crippen molar-refractivity contribution in [2.45, 2.75) is 51.4 Å². The Kier molecular flexibility index (Phi) is 4.93. The highest BCUT2D eigenvalue weighted by atomic mass is 16.5. The summed E-state index contributed by atoms with van der Waals surface area (Å²) in [4.78, 5) is 11.8. The van der Waals surface area contributed by atoms with Crippen molar-refractivity contribution in [3.63, 3.8) is 0 Å². The van der Waals surface area contributed by atoms with Gasteiger partial charge in [0, 0.05) is 12.1 Å². The molecule has 19 heavy (non-hydrogen) atoms. The van der Waals surface area contributed by atoms with E-state index in [0.29, 0.717) is 12.5 Å². The van der Waals surface area contributed by atoms with E-state index in [1.54, 1.807) is 6.07 Å². The van der Waals surface area contributed by atoms with Crippen molar-refractivity contribution in [3.8, 4) is 0 Å². The summed E-state index contributed by atoms with van der Waals surface area (Å²) in [5.41, 5.74) is 1.53. The number of ether oxygens (including phenoxy) is 1. The summed E-state index contributed by atoms with van der Waals surface area (Å²) < 4.78 is 5.69. The fourth-order valence-electron chi connectivity index (χ4n) is 2.36. The standard InChI is InChI=1S/C15H21NO3/c1-11-5-6-14(19-11)7-8-15(18)16-13-4-2-3-12(9-13)10-17/h2-4,9,11,14,17H,5-8,10H2,1H3,(H,16,18). The van der Waals surface area contributed by atoms with Crippen molar-refractivity contribution in [1.82, 2.24) is 0 Å². The van der Waals surface area contributed by atoms with Crippen molar-refractivity contribution in [2.75, 3.05) is 5.32 Å². The molecule has 1 aliphatic rings. The van der Waals surface area contributed by atoms with E-state index in [-0.39, 0.29) is 18.6 Å². The SMILES string of the molecule is CC1CCC(CCC(=O)Nc2cccc(CO)c2)O1. The molecular weight excluding hydrogens is 242 g/mol. The van der Waals surface area contributed by atoms with E-state index in [1.165, 1.54) is 0 Å². The van der Waals surface area contributed by atoms with Crippen molar-refractivity contribution in [1.29, 1.82) is 0 Å². The van der Waals surface area contributed by atoms with Gasteiger partial charge in [-0.2, -0.15) is 0 Å². The molecule has 0 spiro atoms. The third-order valence-corrected chi connectivity index (χ3v) is 3.41. The van der Waals surface area contributed by atoms with Gasteiger partial charge < -0.3 is 15.2 Å². The first-order chi connectivity index (χ1) is 9.17. The molecule has 0 aromatic heterocycles. The van der Waals surface area contributed by atoms with Gasteiger partial charge in [0.05, 0.1) is 18.8 Å². The number of aliphatic hydroxyl groups excluding tert-OH is 1. The van der Waals surface area contributed by atoms with Crippen LogP contribution < -0.4 is 5.32 Å². The number of benzene rings is 1. The van der Waals surface area contributed by atoms with Gasteiger partial charge >= 0.3 is 0 Å². The number of amides is 1. The first kappa shape index (κ1) is 14.0. The van der Waals surface area contributed by atoms with Crippen molar-refractivity contribution >= 4 is 11.6 Å². The Morgan fingerprint density at radius 3 is 3.00 bits per heavy atom. The van der Waals surface area contributed by atoms with Crippen LogP contribution in [0.1, 0.15) is 38.2 Å². The van der Waals surface area contributed by atoms with Crippen molar-refractivity contribution < 1.29 is 14.6 Å². The molecule has 0 aliphatic carbocycles. The number of aliphatic hydroxyl groups is 1. The molecule has 1 aromatic carbocycles. The second-order valence-corrected chi connectivity index (χ2v) is 5.09. The maximum Gasteiger partial charge on any atom is 0.224 e. The number of carbonyl (C=O) groups is 1. The average molecular weight is 263 g/mol. The molecule has 1 aliphatic heterocycles. The second kappa shape index (κ2) is 6.68. The summed E-state index contributed by atoms with van der Waals surface area (Å²) >= 11 is 0. The van der Waals surface area contributed by atoms with Crippen LogP contribution in [0.4, 0.5) is 5.69 Å². The monoisotopic (exact) mass is 263 g/mol.